The Morgan fingerprint density at radius 3 is 2.55 bits per heavy atom. The number of carbonyl (C=O) groups excluding carboxylic acids is 1. The van der Waals surface area contributed by atoms with E-state index < -0.39 is 0 Å². The van der Waals surface area contributed by atoms with Crippen molar-refractivity contribution in [3.05, 3.63) is 63.4 Å². The van der Waals surface area contributed by atoms with Crippen LogP contribution in [0, 0.1) is 6.92 Å². The van der Waals surface area contributed by atoms with Crippen molar-refractivity contribution in [3.63, 3.8) is 0 Å². The van der Waals surface area contributed by atoms with Gasteiger partial charge in [-0.25, -0.2) is 4.98 Å². The number of hydrogen-bond donors (Lipinski definition) is 1. The van der Waals surface area contributed by atoms with Crippen LogP contribution in [0.4, 0.5) is 0 Å². The van der Waals surface area contributed by atoms with Gasteiger partial charge >= 0.3 is 0 Å². The van der Waals surface area contributed by atoms with Crippen LogP contribution in [0.25, 0.3) is 0 Å². The van der Waals surface area contributed by atoms with E-state index in [0.29, 0.717) is 5.02 Å². The van der Waals surface area contributed by atoms with Gasteiger partial charge in [0.15, 0.2) is 0 Å². The summed E-state index contributed by atoms with van der Waals surface area (Å²) in [7, 11) is 0. The fourth-order valence-electron chi connectivity index (χ4n) is 1.79. The van der Waals surface area contributed by atoms with Crippen LogP contribution in [0.2, 0.25) is 10.2 Å². The Balaban J connectivity index is 2.15. The Morgan fingerprint density at radius 2 is 1.90 bits per heavy atom. The quantitative estimate of drug-likeness (QED) is 0.864. The highest BCUT2D eigenvalue weighted by atomic mass is 35.5. The van der Waals surface area contributed by atoms with Crippen molar-refractivity contribution >= 4 is 29.1 Å². The van der Waals surface area contributed by atoms with Gasteiger partial charge in [0, 0.05) is 6.20 Å². The first kappa shape index (κ1) is 14.8. The molecule has 0 aliphatic rings. The summed E-state index contributed by atoms with van der Waals surface area (Å²) in [6.45, 7) is 3.93. The van der Waals surface area contributed by atoms with E-state index in [2.05, 4.69) is 10.3 Å². The zero-order chi connectivity index (χ0) is 14.7. The molecule has 20 heavy (non-hydrogen) atoms. The molecule has 5 heteroatoms. The third kappa shape index (κ3) is 3.50. The van der Waals surface area contributed by atoms with E-state index in [4.69, 9.17) is 23.2 Å². The molecule has 0 saturated carbocycles. The number of pyridine rings is 1. The summed E-state index contributed by atoms with van der Waals surface area (Å²) < 4.78 is 0. The lowest BCUT2D eigenvalue weighted by Crippen LogP contribution is -2.27. The summed E-state index contributed by atoms with van der Waals surface area (Å²) in [6, 6.07) is 9.36. The van der Waals surface area contributed by atoms with E-state index in [0.717, 1.165) is 5.56 Å². The maximum absolute atomic E-state index is 12.2. The molecule has 0 aliphatic carbocycles. The lowest BCUT2D eigenvalue weighted by atomic mass is 10.1. The number of halogens is 2. The number of nitrogens with zero attached hydrogens (tertiary/aromatic N) is 1. The second kappa shape index (κ2) is 6.25. The number of rotatable bonds is 3. The average Bonchev–Trinajstić information content (AvgIpc) is 2.42. The molecular formula is C15H14Cl2N2O. The fraction of sp³-hybridized carbons (Fsp3) is 0.200. The Hall–Kier alpha value is -1.58. The van der Waals surface area contributed by atoms with Crippen molar-refractivity contribution < 1.29 is 4.79 Å². The molecule has 1 heterocycles. The zero-order valence-corrected chi connectivity index (χ0v) is 12.7. The van der Waals surface area contributed by atoms with Gasteiger partial charge in [0.25, 0.3) is 5.91 Å². The highest BCUT2D eigenvalue weighted by Gasteiger charge is 2.15. The molecule has 2 aromatic rings. The highest BCUT2D eigenvalue weighted by molar-refractivity contribution is 6.34. The maximum Gasteiger partial charge on any atom is 0.254 e. The van der Waals surface area contributed by atoms with Crippen LogP contribution < -0.4 is 5.32 Å². The van der Waals surface area contributed by atoms with Gasteiger partial charge < -0.3 is 5.32 Å². The molecule has 3 nitrogen and oxygen atoms in total. The first-order valence-electron chi connectivity index (χ1n) is 6.16. The molecule has 2 rings (SSSR count). The van der Waals surface area contributed by atoms with Crippen LogP contribution in [0.3, 0.4) is 0 Å². The molecule has 0 radical (unpaired) electrons. The molecule has 0 fully saturated rings. The predicted octanol–water partition coefficient (Wildman–Crippen LogP) is 4.19. The number of hydrogen-bond acceptors (Lipinski definition) is 2. The van der Waals surface area contributed by atoms with Crippen molar-refractivity contribution in [2.75, 3.05) is 0 Å². The van der Waals surface area contributed by atoms with Crippen LogP contribution >= 0.6 is 23.2 Å². The minimum atomic E-state index is -0.293. The minimum absolute atomic E-state index is 0.127. The number of nitrogens with one attached hydrogen (secondary N) is 1. The Morgan fingerprint density at radius 1 is 1.25 bits per heavy atom. The van der Waals surface area contributed by atoms with Gasteiger partial charge in [0.2, 0.25) is 0 Å². The fourth-order valence-corrected chi connectivity index (χ4v) is 2.14. The molecule has 1 aromatic carbocycles. The summed E-state index contributed by atoms with van der Waals surface area (Å²) in [6.07, 6.45) is 1.41. The summed E-state index contributed by atoms with van der Waals surface area (Å²) in [5, 5.41) is 3.40. The standard InChI is InChI=1S/C15H14Cl2N2O/c1-9-3-5-11(6-4-9)10(2)19-15(20)13-7-12(16)8-18-14(13)17/h3-8,10H,1-2H3,(H,19,20)/t10-/m0/s1. The van der Waals surface area contributed by atoms with Crippen LogP contribution in [0.15, 0.2) is 36.5 Å². The van der Waals surface area contributed by atoms with Gasteiger partial charge in [-0.1, -0.05) is 53.0 Å². The highest BCUT2D eigenvalue weighted by Crippen LogP contribution is 2.19. The first-order chi connectivity index (χ1) is 9.47. The molecule has 0 aliphatic heterocycles. The third-order valence-corrected chi connectivity index (χ3v) is 3.48. The second-order valence-electron chi connectivity index (χ2n) is 4.60. The van der Waals surface area contributed by atoms with E-state index in [1.165, 1.54) is 17.8 Å². The predicted molar refractivity (Wildman–Crippen MR) is 81.3 cm³/mol. The van der Waals surface area contributed by atoms with Gasteiger partial charge in [-0.3, -0.25) is 4.79 Å². The lowest BCUT2D eigenvalue weighted by Gasteiger charge is -2.15. The zero-order valence-electron chi connectivity index (χ0n) is 11.2. The molecular weight excluding hydrogens is 295 g/mol. The molecule has 1 N–H and O–H groups in total. The van der Waals surface area contributed by atoms with E-state index in [-0.39, 0.29) is 22.7 Å². The normalized spacial score (nSPS) is 12.0. The summed E-state index contributed by atoms with van der Waals surface area (Å²) in [5.41, 5.74) is 2.47. The lowest BCUT2D eigenvalue weighted by molar-refractivity contribution is 0.0939. The maximum atomic E-state index is 12.2. The number of aromatic nitrogens is 1. The number of amides is 1. The molecule has 0 spiro atoms. The monoisotopic (exact) mass is 308 g/mol. The van der Waals surface area contributed by atoms with Crippen molar-refractivity contribution in [1.82, 2.24) is 10.3 Å². The second-order valence-corrected chi connectivity index (χ2v) is 5.39. The van der Waals surface area contributed by atoms with Crippen molar-refractivity contribution in [1.29, 1.82) is 0 Å². The molecule has 1 atom stereocenters. The van der Waals surface area contributed by atoms with Crippen LogP contribution in [-0.4, -0.2) is 10.9 Å². The summed E-state index contributed by atoms with van der Waals surface area (Å²) in [5.74, 6) is -0.293. The van der Waals surface area contributed by atoms with Gasteiger partial charge in [0.05, 0.1) is 16.6 Å². The van der Waals surface area contributed by atoms with Gasteiger partial charge in [0.1, 0.15) is 5.15 Å². The third-order valence-electron chi connectivity index (χ3n) is 2.98. The molecule has 104 valence electrons. The van der Waals surface area contributed by atoms with Crippen LogP contribution in [0.1, 0.15) is 34.5 Å². The van der Waals surface area contributed by atoms with Crippen LogP contribution in [0.5, 0.6) is 0 Å². The smallest absolute Gasteiger partial charge is 0.254 e. The van der Waals surface area contributed by atoms with E-state index >= 15 is 0 Å². The Labute approximate surface area is 127 Å². The molecule has 1 aromatic heterocycles. The van der Waals surface area contributed by atoms with Crippen molar-refractivity contribution in [3.8, 4) is 0 Å². The number of benzene rings is 1. The van der Waals surface area contributed by atoms with E-state index in [1.54, 1.807) is 0 Å². The van der Waals surface area contributed by atoms with Crippen molar-refractivity contribution in [2.24, 2.45) is 0 Å². The van der Waals surface area contributed by atoms with Gasteiger partial charge in [-0.15, -0.1) is 0 Å². The number of aryl methyl sites for hydroxylation is 1. The topological polar surface area (TPSA) is 42.0 Å². The summed E-state index contributed by atoms with van der Waals surface area (Å²) >= 11 is 11.7. The molecule has 0 unspecified atom stereocenters. The Kier molecular flexibility index (Phi) is 4.63. The van der Waals surface area contributed by atoms with Gasteiger partial charge in [-0.05, 0) is 25.5 Å². The molecule has 0 saturated heterocycles. The van der Waals surface area contributed by atoms with E-state index in [9.17, 15) is 4.79 Å². The van der Waals surface area contributed by atoms with Gasteiger partial charge in [-0.2, -0.15) is 0 Å². The molecule has 1 amide bonds. The van der Waals surface area contributed by atoms with Crippen molar-refractivity contribution in [2.45, 2.75) is 19.9 Å². The first-order valence-corrected chi connectivity index (χ1v) is 6.91. The Bertz CT molecular complexity index is 626. The number of carbonyl (C=O) groups is 1. The van der Waals surface area contributed by atoms with Crippen LogP contribution in [-0.2, 0) is 0 Å². The minimum Gasteiger partial charge on any atom is -0.345 e. The average molecular weight is 309 g/mol. The SMILES string of the molecule is Cc1ccc([C@H](C)NC(=O)c2cc(Cl)cnc2Cl)cc1. The summed E-state index contributed by atoms with van der Waals surface area (Å²) in [4.78, 5) is 16.0. The molecule has 0 bridgehead atoms. The van der Waals surface area contributed by atoms with E-state index in [1.807, 2.05) is 38.1 Å². The largest absolute Gasteiger partial charge is 0.345 e.